The second-order valence-electron chi connectivity index (χ2n) is 7.31. The first-order chi connectivity index (χ1) is 13.1. The van der Waals surface area contributed by atoms with Crippen molar-refractivity contribution in [3.63, 3.8) is 0 Å². The van der Waals surface area contributed by atoms with E-state index in [2.05, 4.69) is 26.0 Å². The van der Waals surface area contributed by atoms with Gasteiger partial charge in [0, 0.05) is 16.2 Å². The van der Waals surface area contributed by atoms with Crippen molar-refractivity contribution in [3.05, 3.63) is 68.4 Å². The Morgan fingerprint density at radius 2 is 2.04 bits per heavy atom. The van der Waals surface area contributed by atoms with Gasteiger partial charge in [-0.15, -0.1) is 0 Å². The molecule has 6 nitrogen and oxygen atoms in total. The van der Waals surface area contributed by atoms with Crippen LogP contribution in [0.25, 0.3) is 10.9 Å². The van der Waals surface area contributed by atoms with E-state index >= 15 is 0 Å². The fraction of sp³-hybridized carbons (Fsp3) is 0.300. The summed E-state index contributed by atoms with van der Waals surface area (Å²) in [7, 11) is 0. The highest BCUT2D eigenvalue weighted by Gasteiger charge is 2.20. The summed E-state index contributed by atoms with van der Waals surface area (Å²) in [5.41, 5.74) is -0.0922. The summed E-state index contributed by atoms with van der Waals surface area (Å²) in [5.74, 6) is -0.935. The highest BCUT2D eigenvalue weighted by Crippen LogP contribution is 2.17. The summed E-state index contributed by atoms with van der Waals surface area (Å²) in [6.07, 6.45) is 1.38. The molecule has 2 aromatic heterocycles. The molecule has 0 fully saturated rings. The summed E-state index contributed by atoms with van der Waals surface area (Å²) in [5, 5.41) is 4.61. The van der Waals surface area contributed by atoms with E-state index in [4.69, 9.17) is 4.74 Å². The lowest BCUT2D eigenvalue weighted by Gasteiger charge is -2.19. The van der Waals surface area contributed by atoms with Crippen LogP contribution in [0.4, 0.5) is 4.39 Å². The van der Waals surface area contributed by atoms with Crippen LogP contribution >= 0.6 is 15.9 Å². The minimum absolute atomic E-state index is 0.0654. The molecule has 0 amide bonds. The zero-order valence-electron chi connectivity index (χ0n) is 15.7. The predicted octanol–water partition coefficient (Wildman–Crippen LogP) is 3.63. The largest absolute Gasteiger partial charge is 0.460 e. The van der Waals surface area contributed by atoms with Gasteiger partial charge in [0.05, 0.1) is 29.6 Å². The summed E-state index contributed by atoms with van der Waals surface area (Å²) in [6, 6.07) is 7.83. The van der Waals surface area contributed by atoms with Gasteiger partial charge in [-0.2, -0.15) is 5.10 Å². The minimum Gasteiger partial charge on any atom is -0.460 e. The van der Waals surface area contributed by atoms with Gasteiger partial charge < -0.3 is 4.74 Å². The van der Waals surface area contributed by atoms with Gasteiger partial charge in [0.2, 0.25) is 0 Å². The number of halogens is 2. The Labute approximate surface area is 169 Å². The van der Waals surface area contributed by atoms with Gasteiger partial charge in [0.25, 0.3) is 5.56 Å². The van der Waals surface area contributed by atoms with Gasteiger partial charge in [0.1, 0.15) is 11.4 Å². The monoisotopic (exact) mass is 447 g/mol. The lowest BCUT2D eigenvalue weighted by molar-refractivity contribution is -0.153. The van der Waals surface area contributed by atoms with Crippen LogP contribution in [0.2, 0.25) is 0 Å². The minimum atomic E-state index is -0.644. The van der Waals surface area contributed by atoms with Gasteiger partial charge >= 0.3 is 5.97 Å². The lowest BCUT2D eigenvalue weighted by Crippen LogP contribution is -2.29. The maximum absolute atomic E-state index is 14.2. The molecule has 0 unspecified atom stereocenters. The van der Waals surface area contributed by atoms with Crippen LogP contribution in [0, 0.1) is 5.82 Å². The molecule has 0 saturated carbocycles. The fourth-order valence-electron chi connectivity index (χ4n) is 2.74. The lowest BCUT2D eigenvalue weighted by atomic mass is 10.1. The first-order valence-corrected chi connectivity index (χ1v) is 9.44. The first-order valence-electron chi connectivity index (χ1n) is 8.64. The number of ether oxygens (including phenoxy) is 1. The van der Waals surface area contributed by atoms with E-state index in [1.165, 1.54) is 12.3 Å². The number of nitrogens with zero attached hydrogens (tertiary/aromatic N) is 3. The molecule has 1 aromatic carbocycles. The maximum Gasteiger partial charge on any atom is 0.312 e. The van der Waals surface area contributed by atoms with Gasteiger partial charge in [-0.1, -0.05) is 22.0 Å². The Bertz CT molecular complexity index is 1110. The van der Waals surface area contributed by atoms with Crippen molar-refractivity contribution in [1.82, 2.24) is 14.8 Å². The normalized spacial score (nSPS) is 11.6. The van der Waals surface area contributed by atoms with Crippen LogP contribution in [-0.4, -0.2) is 26.3 Å². The van der Waals surface area contributed by atoms with Crippen molar-refractivity contribution < 1.29 is 13.9 Å². The van der Waals surface area contributed by atoms with E-state index in [9.17, 15) is 14.0 Å². The molecule has 0 aliphatic carbocycles. The quantitative estimate of drug-likeness (QED) is 0.570. The molecule has 2 heterocycles. The fourth-order valence-corrected chi connectivity index (χ4v) is 3.07. The zero-order valence-corrected chi connectivity index (χ0v) is 17.3. The molecule has 3 aromatic rings. The van der Waals surface area contributed by atoms with Crippen molar-refractivity contribution >= 4 is 32.8 Å². The van der Waals surface area contributed by atoms with Crippen molar-refractivity contribution in [2.75, 3.05) is 0 Å². The van der Waals surface area contributed by atoms with Gasteiger partial charge in [-0.3, -0.25) is 14.6 Å². The number of benzene rings is 1. The topological polar surface area (TPSA) is 74.1 Å². The highest BCUT2D eigenvalue weighted by molar-refractivity contribution is 9.10. The number of hydrogen-bond acceptors (Lipinski definition) is 5. The summed E-state index contributed by atoms with van der Waals surface area (Å²) in [6.45, 7) is 5.24. The average molecular weight is 448 g/mol. The SMILES string of the molecule is CC(C)(C)OC(=O)Cc1nn(Cc2ccc(Br)cc2F)c(=O)c2cccnc12. The standard InChI is InChI=1S/C20H19BrFN3O3/c1-20(2,3)28-17(26)10-16-18-14(5-4-8-23-18)19(27)25(24-16)11-12-6-7-13(21)9-15(12)22/h4-9H,10-11H2,1-3H3. The molecule has 0 atom stereocenters. The molecule has 0 saturated heterocycles. The molecule has 28 heavy (non-hydrogen) atoms. The number of esters is 1. The number of hydrogen-bond donors (Lipinski definition) is 0. The van der Waals surface area contributed by atoms with Crippen LogP contribution in [0.1, 0.15) is 32.0 Å². The van der Waals surface area contributed by atoms with E-state index in [-0.39, 0.29) is 13.0 Å². The number of pyridine rings is 1. The summed E-state index contributed by atoms with van der Waals surface area (Å²) >= 11 is 3.21. The van der Waals surface area contributed by atoms with Gasteiger partial charge in [0.15, 0.2) is 0 Å². The summed E-state index contributed by atoms with van der Waals surface area (Å²) < 4.78 is 21.3. The van der Waals surface area contributed by atoms with E-state index in [1.807, 2.05) is 0 Å². The number of rotatable bonds is 4. The third-order valence-corrected chi connectivity index (χ3v) is 4.35. The molecular weight excluding hydrogens is 429 g/mol. The van der Waals surface area contributed by atoms with Crippen molar-refractivity contribution in [2.24, 2.45) is 0 Å². The molecule has 0 aliphatic rings. The molecule has 0 radical (unpaired) electrons. The Kier molecular flexibility index (Phi) is 5.60. The molecule has 0 bridgehead atoms. The second kappa shape index (κ2) is 7.79. The van der Waals surface area contributed by atoms with Crippen LogP contribution < -0.4 is 5.56 Å². The van der Waals surface area contributed by atoms with Crippen LogP contribution in [0.15, 0.2) is 45.8 Å². The third kappa shape index (κ3) is 4.62. The highest BCUT2D eigenvalue weighted by atomic mass is 79.9. The van der Waals surface area contributed by atoms with Crippen molar-refractivity contribution in [3.8, 4) is 0 Å². The summed E-state index contributed by atoms with van der Waals surface area (Å²) in [4.78, 5) is 29.3. The number of carbonyl (C=O) groups excluding carboxylic acids is 1. The second-order valence-corrected chi connectivity index (χ2v) is 8.22. The van der Waals surface area contributed by atoms with Crippen molar-refractivity contribution in [2.45, 2.75) is 39.3 Å². The van der Waals surface area contributed by atoms with E-state index < -0.39 is 22.9 Å². The first kappa shape index (κ1) is 20.1. The Hall–Kier alpha value is -2.61. The third-order valence-electron chi connectivity index (χ3n) is 3.85. The van der Waals surface area contributed by atoms with E-state index in [0.29, 0.717) is 26.6 Å². The predicted molar refractivity (Wildman–Crippen MR) is 107 cm³/mol. The maximum atomic E-state index is 14.2. The zero-order chi connectivity index (χ0) is 20.5. The number of fused-ring (bicyclic) bond motifs is 1. The smallest absolute Gasteiger partial charge is 0.312 e. The van der Waals surface area contributed by atoms with Crippen LogP contribution in [0.5, 0.6) is 0 Å². The average Bonchev–Trinajstić information content (AvgIpc) is 2.59. The Morgan fingerprint density at radius 1 is 1.29 bits per heavy atom. The molecule has 3 rings (SSSR count). The Balaban J connectivity index is 2.05. The Morgan fingerprint density at radius 3 is 2.71 bits per heavy atom. The van der Waals surface area contributed by atoms with Gasteiger partial charge in [-0.25, -0.2) is 9.07 Å². The molecule has 8 heteroatoms. The molecule has 0 spiro atoms. The number of carbonyl (C=O) groups is 1. The molecular formula is C20H19BrFN3O3. The van der Waals surface area contributed by atoms with Crippen molar-refractivity contribution in [1.29, 1.82) is 0 Å². The van der Waals surface area contributed by atoms with Crippen LogP contribution in [0.3, 0.4) is 0 Å². The molecule has 146 valence electrons. The van der Waals surface area contributed by atoms with E-state index in [1.54, 1.807) is 45.0 Å². The van der Waals surface area contributed by atoms with Crippen LogP contribution in [-0.2, 0) is 22.5 Å². The van der Waals surface area contributed by atoms with E-state index in [0.717, 1.165) is 4.68 Å². The van der Waals surface area contributed by atoms with Gasteiger partial charge in [-0.05, 0) is 45.0 Å². The molecule has 0 N–H and O–H groups in total. The molecule has 0 aliphatic heterocycles. The number of aromatic nitrogens is 3.